The fourth-order valence-corrected chi connectivity index (χ4v) is 4.46. The van der Waals surface area contributed by atoms with Crippen LogP contribution in [0.5, 0.6) is 0 Å². The molecule has 1 saturated heterocycles. The van der Waals surface area contributed by atoms with Crippen LogP contribution in [0.1, 0.15) is 9.67 Å². The number of halogens is 2. The Morgan fingerprint density at radius 3 is 2.37 bits per heavy atom. The van der Waals surface area contributed by atoms with Crippen LogP contribution in [-0.4, -0.2) is 78.7 Å². The summed E-state index contributed by atoms with van der Waals surface area (Å²) >= 11 is 4.66. The molecule has 7 nitrogen and oxygen atoms in total. The molecule has 1 fully saturated rings. The van der Waals surface area contributed by atoms with Crippen molar-refractivity contribution in [3.8, 4) is 0 Å². The summed E-state index contributed by atoms with van der Waals surface area (Å²) in [6.07, 6.45) is 0. The molecule has 2 heterocycles. The number of hydrogen-bond acceptors (Lipinski definition) is 5. The Bertz CT molecular complexity index is 913. The van der Waals surface area contributed by atoms with E-state index in [9.17, 15) is 18.8 Å². The number of nitrogens with zero attached hydrogens (tertiary/aromatic N) is 3. The number of amides is 3. The van der Waals surface area contributed by atoms with Gasteiger partial charge in [-0.15, -0.1) is 11.3 Å². The predicted octanol–water partition coefficient (Wildman–Crippen LogP) is 2.50. The first-order chi connectivity index (χ1) is 14.3. The van der Waals surface area contributed by atoms with Gasteiger partial charge < -0.3 is 15.1 Å². The molecular formula is C20H22BrFN4O3S. The van der Waals surface area contributed by atoms with Gasteiger partial charge in [-0.3, -0.25) is 19.3 Å². The molecule has 160 valence electrons. The molecule has 3 amide bonds. The largest absolute Gasteiger partial charge is 0.339 e. The highest BCUT2D eigenvalue weighted by Crippen LogP contribution is 2.23. The van der Waals surface area contributed by atoms with Crippen molar-refractivity contribution in [1.29, 1.82) is 0 Å². The first kappa shape index (κ1) is 22.4. The number of anilines is 1. The Labute approximate surface area is 186 Å². The zero-order valence-electron chi connectivity index (χ0n) is 16.4. The van der Waals surface area contributed by atoms with Crippen molar-refractivity contribution >= 4 is 50.7 Å². The smallest absolute Gasteiger partial charge is 0.264 e. The van der Waals surface area contributed by atoms with Gasteiger partial charge >= 0.3 is 0 Å². The monoisotopic (exact) mass is 496 g/mol. The third-order valence-electron chi connectivity index (χ3n) is 4.72. The van der Waals surface area contributed by atoms with Crippen molar-refractivity contribution in [2.75, 3.05) is 51.6 Å². The summed E-state index contributed by atoms with van der Waals surface area (Å²) in [5, 5.41) is 2.73. The molecule has 0 spiro atoms. The molecule has 1 aromatic heterocycles. The number of hydrogen-bond donors (Lipinski definition) is 1. The van der Waals surface area contributed by atoms with Crippen molar-refractivity contribution in [2.24, 2.45) is 0 Å². The van der Waals surface area contributed by atoms with E-state index in [1.54, 1.807) is 24.1 Å². The second-order valence-electron chi connectivity index (χ2n) is 6.98. The fraction of sp³-hybridized carbons (Fsp3) is 0.350. The topological polar surface area (TPSA) is 73.0 Å². The van der Waals surface area contributed by atoms with Crippen LogP contribution in [0.4, 0.5) is 10.1 Å². The summed E-state index contributed by atoms with van der Waals surface area (Å²) in [5.74, 6) is -0.842. The second-order valence-corrected chi connectivity index (χ2v) is 9.44. The van der Waals surface area contributed by atoms with E-state index >= 15 is 0 Å². The number of carbonyl (C=O) groups is 3. The third-order valence-corrected chi connectivity index (χ3v) is 6.33. The number of rotatable bonds is 6. The Morgan fingerprint density at radius 2 is 1.77 bits per heavy atom. The van der Waals surface area contributed by atoms with Crippen LogP contribution >= 0.6 is 27.3 Å². The quantitative estimate of drug-likeness (QED) is 0.666. The highest BCUT2D eigenvalue weighted by Gasteiger charge is 2.25. The summed E-state index contributed by atoms with van der Waals surface area (Å²) < 4.78 is 13.8. The maximum Gasteiger partial charge on any atom is 0.264 e. The predicted molar refractivity (Wildman–Crippen MR) is 117 cm³/mol. The second kappa shape index (κ2) is 10.1. The molecule has 1 aromatic carbocycles. The van der Waals surface area contributed by atoms with Gasteiger partial charge in [-0.05, 0) is 52.3 Å². The van der Waals surface area contributed by atoms with Crippen molar-refractivity contribution in [3.63, 3.8) is 0 Å². The van der Waals surface area contributed by atoms with Gasteiger partial charge in [-0.2, -0.15) is 0 Å². The normalized spacial score (nSPS) is 14.4. The Kier molecular flexibility index (Phi) is 7.57. The van der Waals surface area contributed by atoms with E-state index in [-0.39, 0.29) is 36.6 Å². The summed E-state index contributed by atoms with van der Waals surface area (Å²) in [5.41, 5.74) is 0.542. The molecule has 0 aliphatic carbocycles. The minimum atomic E-state index is -0.357. The lowest BCUT2D eigenvalue weighted by Gasteiger charge is -2.35. The molecule has 0 saturated carbocycles. The van der Waals surface area contributed by atoms with E-state index in [1.165, 1.54) is 40.5 Å². The van der Waals surface area contributed by atoms with Gasteiger partial charge in [0.15, 0.2) is 0 Å². The summed E-state index contributed by atoms with van der Waals surface area (Å²) in [6.45, 7) is 2.34. The maximum atomic E-state index is 12.9. The number of likely N-dealkylation sites (N-methyl/N-ethyl adjacent to an activating group) is 1. The molecule has 10 heteroatoms. The average molecular weight is 497 g/mol. The number of nitrogens with one attached hydrogen (secondary N) is 1. The van der Waals surface area contributed by atoms with Crippen molar-refractivity contribution < 1.29 is 18.8 Å². The van der Waals surface area contributed by atoms with Crippen molar-refractivity contribution in [3.05, 3.63) is 50.9 Å². The molecule has 0 unspecified atom stereocenters. The maximum absolute atomic E-state index is 12.9. The summed E-state index contributed by atoms with van der Waals surface area (Å²) in [7, 11) is 1.61. The third kappa shape index (κ3) is 6.10. The van der Waals surface area contributed by atoms with Crippen molar-refractivity contribution in [2.45, 2.75) is 0 Å². The lowest BCUT2D eigenvalue weighted by Crippen LogP contribution is -2.52. The van der Waals surface area contributed by atoms with E-state index in [1.807, 2.05) is 4.90 Å². The van der Waals surface area contributed by atoms with Crippen LogP contribution in [0.15, 0.2) is 40.2 Å². The molecule has 0 bridgehead atoms. The van der Waals surface area contributed by atoms with Crippen LogP contribution in [0.2, 0.25) is 0 Å². The highest BCUT2D eigenvalue weighted by molar-refractivity contribution is 9.11. The van der Waals surface area contributed by atoms with E-state index in [0.717, 1.165) is 3.79 Å². The molecule has 30 heavy (non-hydrogen) atoms. The highest BCUT2D eigenvalue weighted by atomic mass is 79.9. The molecule has 0 atom stereocenters. The SMILES string of the molecule is CN(CC(=O)N1CCN(CC(=O)Nc2ccc(F)cc2)CC1)C(=O)c1ccc(Br)s1. The number of thiophene rings is 1. The zero-order chi connectivity index (χ0) is 21.7. The molecule has 1 N–H and O–H groups in total. The van der Waals surface area contributed by atoms with Gasteiger partial charge in [-0.1, -0.05) is 0 Å². The minimum absolute atomic E-state index is 0.0133. The van der Waals surface area contributed by atoms with Gasteiger partial charge in [0.05, 0.1) is 21.8 Å². The van der Waals surface area contributed by atoms with Gasteiger partial charge in [0, 0.05) is 38.9 Å². The number of carbonyl (C=O) groups excluding carboxylic acids is 3. The summed E-state index contributed by atoms with van der Waals surface area (Å²) in [4.78, 5) is 42.8. The van der Waals surface area contributed by atoms with Crippen LogP contribution in [0, 0.1) is 5.82 Å². The van der Waals surface area contributed by atoms with Crippen LogP contribution in [0.3, 0.4) is 0 Å². The van der Waals surface area contributed by atoms with E-state index in [4.69, 9.17) is 0 Å². The fourth-order valence-electron chi connectivity index (χ4n) is 3.08. The van der Waals surface area contributed by atoms with Crippen LogP contribution in [-0.2, 0) is 9.59 Å². The lowest BCUT2D eigenvalue weighted by molar-refractivity contribution is -0.133. The first-order valence-electron chi connectivity index (χ1n) is 9.38. The Balaban J connectivity index is 1.42. The molecule has 1 aliphatic heterocycles. The molecular weight excluding hydrogens is 475 g/mol. The van der Waals surface area contributed by atoms with Crippen LogP contribution < -0.4 is 5.32 Å². The zero-order valence-corrected chi connectivity index (χ0v) is 18.8. The Hall–Kier alpha value is -2.30. The van der Waals surface area contributed by atoms with E-state index in [0.29, 0.717) is 36.7 Å². The average Bonchev–Trinajstić information content (AvgIpc) is 3.15. The van der Waals surface area contributed by atoms with Gasteiger partial charge in [-0.25, -0.2) is 4.39 Å². The van der Waals surface area contributed by atoms with Crippen molar-refractivity contribution in [1.82, 2.24) is 14.7 Å². The molecule has 0 radical (unpaired) electrons. The minimum Gasteiger partial charge on any atom is -0.339 e. The van der Waals surface area contributed by atoms with Gasteiger partial charge in [0.25, 0.3) is 5.91 Å². The van der Waals surface area contributed by atoms with Gasteiger partial charge in [0.2, 0.25) is 11.8 Å². The standard InChI is InChI=1S/C20H22BrFN4O3S/c1-24(20(29)16-6-7-17(21)30-16)13-19(28)26-10-8-25(9-11-26)12-18(27)23-15-4-2-14(22)3-5-15/h2-7H,8-13H2,1H3,(H,23,27). The lowest BCUT2D eigenvalue weighted by atomic mass is 10.2. The van der Waals surface area contributed by atoms with E-state index in [2.05, 4.69) is 21.2 Å². The molecule has 2 aromatic rings. The summed E-state index contributed by atoms with van der Waals surface area (Å²) in [6, 6.07) is 9.14. The number of benzene rings is 1. The number of piperazine rings is 1. The Morgan fingerprint density at radius 1 is 1.10 bits per heavy atom. The first-order valence-corrected chi connectivity index (χ1v) is 11.0. The van der Waals surface area contributed by atoms with E-state index < -0.39 is 0 Å². The van der Waals surface area contributed by atoms with Crippen LogP contribution in [0.25, 0.3) is 0 Å². The molecule has 3 rings (SSSR count). The van der Waals surface area contributed by atoms with Gasteiger partial charge in [0.1, 0.15) is 5.82 Å². The molecule has 1 aliphatic rings.